The van der Waals surface area contributed by atoms with Gasteiger partial charge in [0.2, 0.25) is 0 Å². The summed E-state index contributed by atoms with van der Waals surface area (Å²) in [4.78, 5) is 0. The second-order valence-electron chi connectivity index (χ2n) is 10.9. The van der Waals surface area contributed by atoms with Crippen LogP contribution in [0.15, 0.2) is 134 Å². The molecule has 1 heterocycles. The van der Waals surface area contributed by atoms with Gasteiger partial charge in [0.15, 0.2) is 6.29 Å². The van der Waals surface area contributed by atoms with E-state index in [-0.39, 0.29) is 13.2 Å². The monoisotopic (exact) mass is 610 g/mol. The third-order valence-electron chi connectivity index (χ3n) is 7.60. The summed E-state index contributed by atoms with van der Waals surface area (Å²) in [7, 11) is 0. The van der Waals surface area contributed by atoms with Gasteiger partial charge in [-0.15, -0.1) is 6.58 Å². The summed E-state index contributed by atoms with van der Waals surface area (Å²) in [6.45, 7) is 5.51. The first-order chi connectivity index (χ1) is 22.2. The SMILES string of the molecule is C=CCOC[C@H](OCc1ccccc1)[C@H]1O[C@@H](O)[C@@H](OCc2ccccc2)[C@@H](OCc2ccccc2)[C@@H]1OCc1ccccc1. The molecular formula is C38H42O7. The Labute approximate surface area is 265 Å². The molecular weight excluding hydrogens is 568 g/mol. The molecule has 6 atom stereocenters. The topological polar surface area (TPSA) is 75.6 Å². The number of aliphatic hydroxyl groups excluding tert-OH is 1. The molecule has 45 heavy (non-hydrogen) atoms. The Morgan fingerprint density at radius 2 is 1.02 bits per heavy atom. The van der Waals surface area contributed by atoms with Crippen LogP contribution < -0.4 is 0 Å². The maximum atomic E-state index is 11.5. The molecule has 1 fully saturated rings. The van der Waals surface area contributed by atoms with Gasteiger partial charge >= 0.3 is 0 Å². The number of ether oxygens (including phenoxy) is 6. The van der Waals surface area contributed by atoms with Crippen molar-refractivity contribution < 1.29 is 33.5 Å². The molecule has 0 amide bonds. The van der Waals surface area contributed by atoms with Crippen molar-refractivity contribution in [3.05, 3.63) is 156 Å². The third-order valence-corrected chi connectivity index (χ3v) is 7.60. The standard InChI is InChI=1S/C38H42O7/c1-2-23-40-28-33(41-24-29-15-7-3-8-16-29)34-35(42-25-30-17-9-4-10-18-30)36(43-26-31-19-11-5-12-20-31)37(38(39)45-34)44-27-32-21-13-6-14-22-32/h2-22,33-39H,1,23-28H2/t33-,34+,35+,36-,37-,38+/m0/s1. The molecule has 0 unspecified atom stereocenters. The minimum Gasteiger partial charge on any atom is -0.375 e. The van der Waals surface area contributed by atoms with E-state index in [0.29, 0.717) is 26.4 Å². The first-order valence-corrected chi connectivity index (χ1v) is 15.4. The van der Waals surface area contributed by atoms with Gasteiger partial charge in [-0.2, -0.15) is 0 Å². The summed E-state index contributed by atoms with van der Waals surface area (Å²) in [5.41, 5.74) is 3.96. The highest BCUT2D eigenvalue weighted by atomic mass is 16.7. The number of hydrogen-bond acceptors (Lipinski definition) is 7. The molecule has 1 saturated heterocycles. The molecule has 0 aromatic heterocycles. The Kier molecular flexibility index (Phi) is 12.9. The van der Waals surface area contributed by atoms with E-state index in [1.54, 1.807) is 6.08 Å². The van der Waals surface area contributed by atoms with Crippen LogP contribution in [0.2, 0.25) is 0 Å². The van der Waals surface area contributed by atoms with Gasteiger partial charge in [-0.3, -0.25) is 0 Å². The van der Waals surface area contributed by atoms with E-state index in [2.05, 4.69) is 6.58 Å². The van der Waals surface area contributed by atoms with Crippen molar-refractivity contribution in [1.82, 2.24) is 0 Å². The van der Waals surface area contributed by atoms with Crippen LogP contribution in [0.5, 0.6) is 0 Å². The van der Waals surface area contributed by atoms with Crippen LogP contribution in [0.3, 0.4) is 0 Å². The Balaban J connectivity index is 1.45. The van der Waals surface area contributed by atoms with E-state index >= 15 is 0 Å². The lowest BCUT2D eigenvalue weighted by Gasteiger charge is -2.46. The lowest BCUT2D eigenvalue weighted by atomic mass is 9.94. The highest BCUT2D eigenvalue weighted by Crippen LogP contribution is 2.32. The summed E-state index contributed by atoms with van der Waals surface area (Å²) < 4.78 is 38.3. The second-order valence-corrected chi connectivity index (χ2v) is 10.9. The molecule has 1 aliphatic rings. The highest BCUT2D eigenvalue weighted by molar-refractivity contribution is 5.16. The van der Waals surface area contributed by atoms with Gasteiger partial charge in [0, 0.05) is 0 Å². The smallest absolute Gasteiger partial charge is 0.184 e. The zero-order valence-corrected chi connectivity index (χ0v) is 25.4. The van der Waals surface area contributed by atoms with Gasteiger partial charge in [-0.25, -0.2) is 0 Å². The van der Waals surface area contributed by atoms with Crippen LogP contribution in [0, 0.1) is 0 Å². The van der Waals surface area contributed by atoms with Crippen molar-refractivity contribution in [3.63, 3.8) is 0 Å². The Morgan fingerprint density at radius 3 is 1.49 bits per heavy atom. The lowest BCUT2D eigenvalue weighted by Crippen LogP contribution is -2.63. The number of aliphatic hydroxyl groups is 1. The zero-order chi connectivity index (χ0) is 31.1. The summed E-state index contributed by atoms with van der Waals surface area (Å²) in [5.74, 6) is 0. The lowest BCUT2D eigenvalue weighted by molar-refractivity contribution is -0.328. The molecule has 4 aromatic rings. The van der Waals surface area contributed by atoms with Crippen LogP contribution >= 0.6 is 0 Å². The molecule has 0 saturated carbocycles. The number of benzene rings is 4. The Morgan fingerprint density at radius 1 is 0.600 bits per heavy atom. The van der Waals surface area contributed by atoms with E-state index in [1.807, 2.05) is 121 Å². The van der Waals surface area contributed by atoms with Crippen molar-refractivity contribution in [2.45, 2.75) is 63.2 Å². The fraction of sp³-hybridized carbons (Fsp3) is 0.316. The molecule has 1 N–H and O–H groups in total. The summed E-state index contributed by atoms with van der Waals surface area (Å²) >= 11 is 0. The molecule has 4 aromatic carbocycles. The Bertz CT molecular complexity index is 1370. The zero-order valence-electron chi connectivity index (χ0n) is 25.4. The molecule has 7 nitrogen and oxygen atoms in total. The van der Waals surface area contributed by atoms with Gasteiger partial charge in [-0.05, 0) is 22.3 Å². The summed E-state index contributed by atoms with van der Waals surface area (Å²) in [5, 5.41) is 11.5. The van der Waals surface area contributed by atoms with Gasteiger partial charge in [0.05, 0.1) is 39.6 Å². The van der Waals surface area contributed by atoms with Gasteiger partial charge in [0.25, 0.3) is 0 Å². The average Bonchev–Trinajstić information content (AvgIpc) is 3.09. The van der Waals surface area contributed by atoms with Crippen LogP contribution in [0.4, 0.5) is 0 Å². The van der Waals surface area contributed by atoms with Crippen molar-refractivity contribution in [2.75, 3.05) is 13.2 Å². The van der Waals surface area contributed by atoms with Crippen LogP contribution in [-0.2, 0) is 54.8 Å². The minimum atomic E-state index is -1.31. The summed E-state index contributed by atoms with van der Waals surface area (Å²) in [6.07, 6.45) is -3.17. The fourth-order valence-electron chi connectivity index (χ4n) is 5.29. The average molecular weight is 611 g/mol. The van der Waals surface area contributed by atoms with Crippen molar-refractivity contribution in [3.8, 4) is 0 Å². The van der Waals surface area contributed by atoms with Gasteiger partial charge in [0.1, 0.15) is 30.5 Å². The molecule has 236 valence electrons. The largest absolute Gasteiger partial charge is 0.375 e. The van der Waals surface area contributed by atoms with Gasteiger partial charge < -0.3 is 33.5 Å². The second kappa shape index (κ2) is 17.7. The number of rotatable bonds is 17. The molecule has 1 aliphatic heterocycles. The first kappa shape index (κ1) is 32.7. The maximum Gasteiger partial charge on any atom is 0.184 e. The number of hydrogen-bond donors (Lipinski definition) is 1. The molecule has 0 radical (unpaired) electrons. The van der Waals surface area contributed by atoms with Crippen molar-refractivity contribution in [1.29, 1.82) is 0 Å². The molecule has 7 heteroatoms. The van der Waals surface area contributed by atoms with Crippen molar-refractivity contribution in [2.24, 2.45) is 0 Å². The Hall–Kier alpha value is -3.66. The summed E-state index contributed by atoms with van der Waals surface area (Å²) in [6, 6.07) is 39.6. The third kappa shape index (κ3) is 9.91. The van der Waals surface area contributed by atoms with E-state index in [1.165, 1.54) is 0 Å². The van der Waals surface area contributed by atoms with Crippen molar-refractivity contribution >= 4 is 0 Å². The predicted octanol–water partition coefficient (Wildman–Crippen LogP) is 6.25. The molecule has 0 bridgehead atoms. The van der Waals surface area contributed by atoms with E-state index in [4.69, 9.17) is 28.4 Å². The minimum absolute atomic E-state index is 0.197. The van der Waals surface area contributed by atoms with Crippen LogP contribution in [0.25, 0.3) is 0 Å². The van der Waals surface area contributed by atoms with Gasteiger partial charge in [-0.1, -0.05) is 127 Å². The first-order valence-electron chi connectivity index (χ1n) is 15.4. The van der Waals surface area contributed by atoms with E-state index < -0.39 is 36.8 Å². The molecule has 0 aliphatic carbocycles. The van der Waals surface area contributed by atoms with Crippen LogP contribution in [-0.4, -0.2) is 55.1 Å². The normalized spacial score (nSPS) is 22.1. The quantitative estimate of drug-likeness (QED) is 0.112. The maximum absolute atomic E-state index is 11.5. The highest BCUT2D eigenvalue weighted by Gasteiger charge is 2.50. The fourth-order valence-corrected chi connectivity index (χ4v) is 5.29. The molecule has 0 spiro atoms. The van der Waals surface area contributed by atoms with Crippen LogP contribution in [0.1, 0.15) is 22.3 Å². The van der Waals surface area contributed by atoms with E-state index in [9.17, 15) is 5.11 Å². The van der Waals surface area contributed by atoms with E-state index in [0.717, 1.165) is 22.3 Å². The predicted molar refractivity (Wildman–Crippen MR) is 172 cm³/mol. The molecule has 5 rings (SSSR count).